The Hall–Kier alpha value is -2.20. The molecule has 27 heavy (non-hydrogen) atoms. The Labute approximate surface area is 164 Å². The van der Waals surface area contributed by atoms with E-state index in [0.717, 1.165) is 22.7 Å². The van der Waals surface area contributed by atoms with Gasteiger partial charge in [-0.05, 0) is 72.7 Å². The van der Waals surface area contributed by atoms with Crippen LogP contribution in [-0.4, -0.2) is 10.8 Å². The Bertz CT molecular complexity index is 1000. The molecule has 0 unspecified atom stereocenters. The van der Waals surface area contributed by atoms with Gasteiger partial charge in [0.05, 0.1) is 0 Å². The van der Waals surface area contributed by atoms with Gasteiger partial charge in [0.15, 0.2) is 0 Å². The average molecular weight is 380 g/mol. The van der Waals surface area contributed by atoms with Gasteiger partial charge in [-0.1, -0.05) is 13.0 Å². The van der Waals surface area contributed by atoms with Crippen molar-refractivity contribution in [3.05, 3.63) is 57.7 Å². The van der Waals surface area contributed by atoms with Gasteiger partial charge in [0.1, 0.15) is 18.1 Å². The molecule has 0 atom stereocenters. The molecule has 3 nitrogen and oxygen atoms in total. The molecule has 0 aliphatic heterocycles. The number of ketones is 1. The van der Waals surface area contributed by atoms with Crippen molar-refractivity contribution in [3.63, 3.8) is 0 Å². The summed E-state index contributed by atoms with van der Waals surface area (Å²) >= 11 is 1.72. The first-order valence-corrected chi connectivity index (χ1v) is 10.5. The molecule has 1 aromatic carbocycles. The van der Waals surface area contributed by atoms with E-state index in [-0.39, 0.29) is 0 Å². The Balaban J connectivity index is 1.63. The minimum Gasteiger partial charge on any atom is -0.489 e. The molecule has 2 heterocycles. The Kier molecular flexibility index (Phi) is 5.00. The Morgan fingerprint density at radius 1 is 1.22 bits per heavy atom. The number of rotatable bonds is 7. The molecule has 1 aliphatic carbocycles. The number of Topliss-reactive ketones (excluding diaryl/α,β-unsaturated/α-hetero) is 1. The van der Waals surface area contributed by atoms with Crippen molar-refractivity contribution < 1.29 is 9.53 Å². The van der Waals surface area contributed by atoms with E-state index in [4.69, 9.17) is 4.74 Å². The zero-order valence-electron chi connectivity index (χ0n) is 16.2. The standard InChI is InChI=1S/C23H25NO2S/c1-4-19(25)9-18-13-27-22-11-20(10-21(23(18)22)16-7-8-16)26-12-17-6-5-14(2)24-15(17)3/h5-6,10-11,13,16H,4,7-9,12H2,1-3H3. The minimum atomic E-state index is 0.305. The smallest absolute Gasteiger partial charge is 0.137 e. The van der Waals surface area contributed by atoms with Gasteiger partial charge in [-0.3, -0.25) is 9.78 Å². The van der Waals surface area contributed by atoms with Crippen molar-refractivity contribution in [2.45, 2.75) is 59.0 Å². The van der Waals surface area contributed by atoms with E-state index in [1.807, 2.05) is 26.8 Å². The van der Waals surface area contributed by atoms with E-state index in [2.05, 4.69) is 28.6 Å². The highest BCUT2D eigenvalue weighted by Crippen LogP contribution is 2.47. The summed E-state index contributed by atoms with van der Waals surface area (Å²) in [4.78, 5) is 16.5. The Morgan fingerprint density at radius 2 is 2.04 bits per heavy atom. The van der Waals surface area contributed by atoms with E-state index in [1.54, 1.807) is 11.3 Å². The number of thiophene rings is 1. The molecule has 1 aliphatic rings. The van der Waals surface area contributed by atoms with Crippen molar-refractivity contribution in [2.24, 2.45) is 0 Å². The third-order valence-corrected chi connectivity index (χ3v) is 6.26. The first kappa shape index (κ1) is 18.2. The van der Waals surface area contributed by atoms with Crippen molar-refractivity contribution in [1.29, 1.82) is 0 Å². The number of fused-ring (bicyclic) bond motifs is 1. The molecule has 0 bridgehead atoms. The fourth-order valence-electron chi connectivity index (χ4n) is 3.54. The number of carbonyl (C=O) groups is 1. The lowest BCUT2D eigenvalue weighted by Gasteiger charge is -2.12. The van der Waals surface area contributed by atoms with Crippen LogP contribution in [0.25, 0.3) is 10.1 Å². The normalized spacial score (nSPS) is 13.9. The number of hydrogen-bond donors (Lipinski definition) is 0. The van der Waals surface area contributed by atoms with Crippen LogP contribution in [-0.2, 0) is 17.8 Å². The van der Waals surface area contributed by atoms with Gasteiger partial charge >= 0.3 is 0 Å². The number of aromatic nitrogens is 1. The van der Waals surface area contributed by atoms with Crippen molar-refractivity contribution in [3.8, 4) is 5.75 Å². The van der Waals surface area contributed by atoms with Crippen LogP contribution in [0.15, 0.2) is 29.6 Å². The highest BCUT2D eigenvalue weighted by molar-refractivity contribution is 7.17. The maximum absolute atomic E-state index is 12.0. The summed E-state index contributed by atoms with van der Waals surface area (Å²) in [6, 6.07) is 8.45. The van der Waals surface area contributed by atoms with Crippen LogP contribution < -0.4 is 4.74 Å². The average Bonchev–Trinajstić information content (AvgIpc) is 3.42. The lowest BCUT2D eigenvalue weighted by Crippen LogP contribution is -2.02. The summed E-state index contributed by atoms with van der Waals surface area (Å²) in [6.07, 6.45) is 3.61. The number of hydrogen-bond acceptors (Lipinski definition) is 4. The van der Waals surface area contributed by atoms with E-state index in [9.17, 15) is 4.79 Å². The monoisotopic (exact) mass is 379 g/mol. The van der Waals surface area contributed by atoms with E-state index in [1.165, 1.54) is 34.1 Å². The van der Waals surface area contributed by atoms with Crippen LogP contribution in [0.3, 0.4) is 0 Å². The zero-order chi connectivity index (χ0) is 19.0. The number of carbonyl (C=O) groups excluding carboxylic acids is 1. The molecule has 1 saturated carbocycles. The van der Waals surface area contributed by atoms with Crippen molar-refractivity contribution in [1.82, 2.24) is 4.98 Å². The van der Waals surface area contributed by atoms with E-state index >= 15 is 0 Å². The molecule has 0 saturated heterocycles. The van der Waals surface area contributed by atoms with Gasteiger partial charge in [-0.25, -0.2) is 0 Å². The van der Waals surface area contributed by atoms with Gasteiger partial charge in [0, 0.05) is 34.5 Å². The van der Waals surface area contributed by atoms with Gasteiger partial charge in [0.25, 0.3) is 0 Å². The van der Waals surface area contributed by atoms with E-state index < -0.39 is 0 Å². The SMILES string of the molecule is CCC(=O)Cc1csc2cc(OCc3ccc(C)nc3C)cc(C3CC3)c12. The van der Waals surface area contributed by atoms with Crippen LogP contribution in [0.5, 0.6) is 5.75 Å². The number of aryl methyl sites for hydroxylation is 2. The second-order valence-corrected chi connectivity index (χ2v) is 8.39. The topological polar surface area (TPSA) is 39.2 Å². The molecule has 0 spiro atoms. The van der Waals surface area contributed by atoms with Crippen molar-refractivity contribution in [2.75, 3.05) is 0 Å². The summed E-state index contributed by atoms with van der Waals surface area (Å²) in [6.45, 7) is 6.50. The predicted octanol–water partition coefficient (Wildman–Crippen LogP) is 5.89. The van der Waals surface area contributed by atoms with Gasteiger partial charge in [-0.15, -0.1) is 11.3 Å². The quantitative estimate of drug-likeness (QED) is 0.514. The molecular weight excluding hydrogens is 354 g/mol. The molecule has 4 heteroatoms. The third-order valence-electron chi connectivity index (χ3n) is 5.28. The molecule has 140 valence electrons. The molecule has 3 aromatic rings. The van der Waals surface area contributed by atoms with Crippen LogP contribution in [0.2, 0.25) is 0 Å². The predicted molar refractivity (Wildman–Crippen MR) is 111 cm³/mol. The second kappa shape index (κ2) is 7.43. The molecule has 0 amide bonds. The fourth-order valence-corrected chi connectivity index (χ4v) is 4.56. The van der Waals surface area contributed by atoms with Gasteiger partial charge < -0.3 is 4.74 Å². The highest BCUT2D eigenvalue weighted by atomic mass is 32.1. The number of pyridine rings is 1. The number of benzene rings is 1. The van der Waals surface area contributed by atoms with Crippen LogP contribution in [0, 0.1) is 13.8 Å². The minimum absolute atomic E-state index is 0.305. The molecule has 0 radical (unpaired) electrons. The molecule has 2 aromatic heterocycles. The zero-order valence-corrected chi connectivity index (χ0v) is 17.0. The number of ether oxygens (including phenoxy) is 1. The molecule has 0 N–H and O–H groups in total. The molecule has 1 fully saturated rings. The summed E-state index contributed by atoms with van der Waals surface area (Å²) in [7, 11) is 0. The molecule has 4 rings (SSSR count). The first-order valence-electron chi connectivity index (χ1n) is 9.66. The molecular formula is C23H25NO2S. The second-order valence-electron chi connectivity index (χ2n) is 7.48. The lowest BCUT2D eigenvalue weighted by atomic mass is 9.99. The largest absolute Gasteiger partial charge is 0.489 e. The fraction of sp³-hybridized carbons (Fsp3) is 0.391. The van der Waals surface area contributed by atoms with Crippen LogP contribution in [0.1, 0.15) is 60.2 Å². The van der Waals surface area contributed by atoms with Crippen molar-refractivity contribution >= 4 is 27.2 Å². The Morgan fingerprint density at radius 3 is 2.74 bits per heavy atom. The van der Waals surface area contributed by atoms with Crippen LogP contribution in [0.4, 0.5) is 0 Å². The summed E-state index contributed by atoms with van der Waals surface area (Å²) < 4.78 is 7.38. The maximum Gasteiger partial charge on any atom is 0.137 e. The summed E-state index contributed by atoms with van der Waals surface area (Å²) in [5.74, 6) is 1.84. The summed E-state index contributed by atoms with van der Waals surface area (Å²) in [5, 5.41) is 3.45. The van der Waals surface area contributed by atoms with Gasteiger partial charge in [0.2, 0.25) is 0 Å². The highest BCUT2D eigenvalue weighted by Gasteiger charge is 2.28. The third kappa shape index (κ3) is 3.91. The first-order chi connectivity index (χ1) is 13.0. The maximum atomic E-state index is 12.0. The summed E-state index contributed by atoms with van der Waals surface area (Å²) in [5.41, 5.74) is 5.72. The van der Waals surface area contributed by atoms with Crippen LogP contribution >= 0.6 is 11.3 Å². The number of nitrogens with zero attached hydrogens (tertiary/aromatic N) is 1. The van der Waals surface area contributed by atoms with E-state index in [0.29, 0.717) is 31.1 Å². The lowest BCUT2D eigenvalue weighted by molar-refractivity contribution is -0.118. The van der Waals surface area contributed by atoms with Gasteiger partial charge in [-0.2, -0.15) is 0 Å².